The van der Waals surface area contributed by atoms with E-state index in [-0.39, 0.29) is 16.7 Å². The van der Waals surface area contributed by atoms with Gasteiger partial charge in [-0.15, -0.1) is 0 Å². The van der Waals surface area contributed by atoms with E-state index in [0.717, 1.165) is 17.4 Å². The maximum absolute atomic E-state index is 10.8. The number of rotatable bonds is 4. The number of aryl methyl sites for hydroxylation is 1. The number of aromatic nitrogens is 2. The molecule has 0 amide bonds. The summed E-state index contributed by atoms with van der Waals surface area (Å²) in [6, 6.07) is 7.52. The molecule has 0 aliphatic rings. The molecule has 0 aliphatic heterocycles. The van der Waals surface area contributed by atoms with Crippen LogP contribution in [-0.2, 0) is 0 Å². The van der Waals surface area contributed by atoms with Gasteiger partial charge in [-0.05, 0) is 19.1 Å². The Hall–Kier alpha value is -2.66. The highest BCUT2D eigenvalue weighted by molar-refractivity contribution is 8.03. The van der Waals surface area contributed by atoms with Crippen LogP contribution in [0.15, 0.2) is 35.5 Å². The van der Waals surface area contributed by atoms with E-state index in [1.807, 2.05) is 31.2 Å². The van der Waals surface area contributed by atoms with E-state index in [4.69, 9.17) is 5.26 Å². The summed E-state index contributed by atoms with van der Waals surface area (Å²) in [7, 11) is 0. The molecule has 0 spiro atoms. The fourth-order valence-corrected chi connectivity index (χ4v) is 1.88. The Morgan fingerprint density at radius 1 is 1.40 bits per heavy atom. The second kappa shape index (κ2) is 5.99. The van der Waals surface area contributed by atoms with Crippen molar-refractivity contribution in [3.63, 3.8) is 0 Å². The third-order valence-corrected chi connectivity index (χ3v) is 2.97. The molecule has 0 unspecified atom stereocenters. The van der Waals surface area contributed by atoms with Crippen molar-refractivity contribution in [2.45, 2.75) is 11.9 Å². The van der Waals surface area contributed by atoms with Crippen LogP contribution in [0.5, 0.6) is 0 Å². The number of nitrogens with zero attached hydrogens (tertiary/aromatic N) is 4. The van der Waals surface area contributed by atoms with Crippen LogP contribution in [0.25, 0.3) is 0 Å². The van der Waals surface area contributed by atoms with E-state index in [0.29, 0.717) is 11.8 Å². The second-order valence-electron chi connectivity index (χ2n) is 3.83. The number of thioether (sulfide) groups is 1. The fraction of sp³-hybridized carbons (Fsp3) is 0.0833. The molecule has 0 aliphatic carbocycles. The predicted octanol–water partition coefficient (Wildman–Crippen LogP) is 3.01. The van der Waals surface area contributed by atoms with E-state index >= 15 is 0 Å². The quantitative estimate of drug-likeness (QED) is 0.303. The average molecular weight is 287 g/mol. The smallest absolute Gasteiger partial charge is 0.320 e. The maximum atomic E-state index is 10.8. The summed E-state index contributed by atoms with van der Waals surface area (Å²) < 4.78 is 0. The molecule has 1 aromatic carbocycles. The monoisotopic (exact) mass is 287 g/mol. The van der Waals surface area contributed by atoms with Crippen LogP contribution >= 0.6 is 11.8 Å². The predicted molar refractivity (Wildman–Crippen MR) is 74.6 cm³/mol. The Balaban J connectivity index is 2.29. The first-order valence-electron chi connectivity index (χ1n) is 5.51. The first-order chi connectivity index (χ1) is 9.60. The first-order valence-corrected chi connectivity index (χ1v) is 6.33. The Labute approximate surface area is 118 Å². The van der Waals surface area contributed by atoms with Crippen molar-refractivity contribution >= 4 is 29.1 Å². The zero-order valence-corrected chi connectivity index (χ0v) is 11.2. The lowest BCUT2D eigenvalue weighted by Gasteiger charge is -2.05. The third kappa shape index (κ3) is 3.21. The molecular formula is C12H9N5O2S. The minimum absolute atomic E-state index is 0.0158. The van der Waals surface area contributed by atoms with Crippen molar-refractivity contribution in [1.82, 2.24) is 9.97 Å². The molecule has 7 nitrogen and oxygen atoms in total. The Morgan fingerprint density at radius 2 is 2.10 bits per heavy atom. The molecule has 8 heteroatoms. The summed E-state index contributed by atoms with van der Waals surface area (Å²) in [5.74, 6) is 0.206. The van der Waals surface area contributed by atoms with Gasteiger partial charge in [0.1, 0.15) is 11.6 Å². The third-order valence-electron chi connectivity index (χ3n) is 2.38. The molecule has 0 saturated heterocycles. The van der Waals surface area contributed by atoms with E-state index in [1.165, 1.54) is 0 Å². The molecule has 1 aromatic heterocycles. The number of thiocyanates is 1. The van der Waals surface area contributed by atoms with Crippen molar-refractivity contribution in [3.05, 3.63) is 46.1 Å². The van der Waals surface area contributed by atoms with Gasteiger partial charge in [0.05, 0.1) is 4.92 Å². The summed E-state index contributed by atoms with van der Waals surface area (Å²) in [6.07, 6.45) is 1.09. The van der Waals surface area contributed by atoms with Gasteiger partial charge >= 0.3 is 5.69 Å². The minimum Gasteiger partial charge on any atom is -0.324 e. The highest BCUT2D eigenvalue weighted by atomic mass is 32.2. The molecule has 0 saturated carbocycles. The van der Waals surface area contributed by atoms with Gasteiger partial charge in [-0.3, -0.25) is 10.1 Å². The van der Waals surface area contributed by atoms with Gasteiger partial charge in [0, 0.05) is 17.4 Å². The molecule has 0 bridgehead atoms. The number of nitriles is 1. The highest BCUT2D eigenvalue weighted by Crippen LogP contribution is 2.27. The number of anilines is 2. The number of benzene rings is 1. The van der Waals surface area contributed by atoms with Crippen molar-refractivity contribution in [2.24, 2.45) is 0 Å². The summed E-state index contributed by atoms with van der Waals surface area (Å²) in [4.78, 5) is 18.0. The van der Waals surface area contributed by atoms with Gasteiger partial charge in [-0.2, -0.15) is 10.2 Å². The summed E-state index contributed by atoms with van der Waals surface area (Å²) in [5, 5.41) is 24.1. The van der Waals surface area contributed by atoms with Crippen LogP contribution in [0.3, 0.4) is 0 Å². The second-order valence-corrected chi connectivity index (χ2v) is 4.60. The van der Waals surface area contributed by atoms with Crippen molar-refractivity contribution < 1.29 is 4.92 Å². The van der Waals surface area contributed by atoms with Crippen molar-refractivity contribution in [1.29, 1.82) is 5.26 Å². The van der Waals surface area contributed by atoms with Gasteiger partial charge in [0.2, 0.25) is 5.95 Å². The van der Waals surface area contributed by atoms with E-state index in [1.54, 1.807) is 5.40 Å². The fourth-order valence-electron chi connectivity index (χ4n) is 1.43. The van der Waals surface area contributed by atoms with Crippen LogP contribution in [0.2, 0.25) is 0 Å². The number of nitro groups is 1. The molecule has 2 rings (SSSR count). The lowest BCUT2D eigenvalue weighted by Crippen LogP contribution is -2.01. The van der Waals surface area contributed by atoms with Gasteiger partial charge < -0.3 is 5.32 Å². The number of hydrogen-bond acceptors (Lipinski definition) is 7. The van der Waals surface area contributed by atoms with Crippen LogP contribution < -0.4 is 5.32 Å². The van der Waals surface area contributed by atoms with Gasteiger partial charge in [0.25, 0.3) is 0 Å². The standard InChI is InChI=1S/C12H9N5O2S/c1-8-2-4-9(5-3-8)15-12-14-6-10(17(18)19)11(16-12)20-7-13/h2-6H,1H3,(H,14,15,16). The van der Waals surface area contributed by atoms with Crippen LogP contribution in [0.4, 0.5) is 17.3 Å². The van der Waals surface area contributed by atoms with Gasteiger partial charge in [-0.1, -0.05) is 17.7 Å². The Kier molecular flexibility index (Phi) is 4.12. The van der Waals surface area contributed by atoms with E-state index in [9.17, 15) is 10.1 Å². The SMILES string of the molecule is Cc1ccc(Nc2ncc([N+](=O)[O-])c(SC#N)n2)cc1. The molecular weight excluding hydrogens is 278 g/mol. The van der Waals surface area contributed by atoms with Gasteiger partial charge in [0.15, 0.2) is 5.03 Å². The van der Waals surface area contributed by atoms with Crippen LogP contribution in [0.1, 0.15) is 5.56 Å². The average Bonchev–Trinajstić information content (AvgIpc) is 2.42. The normalized spacial score (nSPS) is 9.80. The zero-order chi connectivity index (χ0) is 14.5. The molecule has 2 aromatic rings. The van der Waals surface area contributed by atoms with Gasteiger partial charge in [-0.25, -0.2) is 4.98 Å². The van der Waals surface area contributed by atoms with E-state index < -0.39 is 4.92 Å². The molecule has 100 valence electrons. The lowest BCUT2D eigenvalue weighted by atomic mass is 10.2. The lowest BCUT2D eigenvalue weighted by molar-refractivity contribution is -0.388. The van der Waals surface area contributed by atoms with Crippen molar-refractivity contribution in [3.8, 4) is 5.40 Å². The molecule has 0 radical (unpaired) electrons. The van der Waals surface area contributed by atoms with Crippen molar-refractivity contribution in [2.75, 3.05) is 5.32 Å². The Morgan fingerprint density at radius 3 is 2.70 bits per heavy atom. The highest BCUT2D eigenvalue weighted by Gasteiger charge is 2.17. The molecule has 1 heterocycles. The first kappa shape index (κ1) is 13.8. The minimum atomic E-state index is -0.616. The summed E-state index contributed by atoms with van der Waals surface area (Å²) >= 11 is 0.630. The topological polar surface area (TPSA) is 105 Å². The largest absolute Gasteiger partial charge is 0.324 e. The molecule has 0 atom stereocenters. The molecule has 0 fully saturated rings. The summed E-state index contributed by atoms with van der Waals surface area (Å²) in [5.41, 5.74) is 1.59. The maximum Gasteiger partial charge on any atom is 0.320 e. The summed E-state index contributed by atoms with van der Waals surface area (Å²) in [6.45, 7) is 1.97. The van der Waals surface area contributed by atoms with Crippen LogP contribution in [-0.4, -0.2) is 14.9 Å². The molecule has 20 heavy (non-hydrogen) atoms. The van der Waals surface area contributed by atoms with E-state index in [2.05, 4.69) is 15.3 Å². The number of nitrogens with one attached hydrogen (secondary N) is 1. The molecule has 1 N–H and O–H groups in total. The zero-order valence-electron chi connectivity index (χ0n) is 10.4. The Bertz CT molecular complexity index is 681. The number of hydrogen-bond donors (Lipinski definition) is 1. The van der Waals surface area contributed by atoms with Crippen LogP contribution in [0, 0.1) is 27.7 Å².